The van der Waals surface area contributed by atoms with Gasteiger partial charge in [-0.05, 0) is 12.8 Å². The van der Waals surface area contributed by atoms with Crippen LogP contribution < -0.4 is 16.4 Å². The van der Waals surface area contributed by atoms with E-state index in [2.05, 4.69) is 10.6 Å². The molecule has 6 nitrogen and oxygen atoms in total. The SMILES string of the molecule is CNC(=O)N1CCCC(NC(=O)CN)C1. The summed E-state index contributed by atoms with van der Waals surface area (Å²) in [7, 11) is 1.60. The van der Waals surface area contributed by atoms with Gasteiger partial charge in [-0.15, -0.1) is 0 Å². The van der Waals surface area contributed by atoms with E-state index in [1.54, 1.807) is 11.9 Å². The van der Waals surface area contributed by atoms with E-state index in [-0.39, 0.29) is 24.5 Å². The Morgan fingerprint density at radius 2 is 2.27 bits per heavy atom. The molecule has 0 aromatic rings. The molecule has 3 amide bonds. The summed E-state index contributed by atoms with van der Waals surface area (Å²) in [6.45, 7) is 1.30. The molecule has 4 N–H and O–H groups in total. The third kappa shape index (κ3) is 3.39. The largest absolute Gasteiger partial charge is 0.350 e. The van der Waals surface area contributed by atoms with Crippen molar-refractivity contribution in [3.8, 4) is 0 Å². The number of likely N-dealkylation sites (tertiary alicyclic amines) is 1. The molecule has 86 valence electrons. The zero-order chi connectivity index (χ0) is 11.3. The third-order valence-corrected chi connectivity index (χ3v) is 2.47. The summed E-state index contributed by atoms with van der Waals surface area (Å²) in [6.07, 6.45) is 1.81. The molecule has 6 heteroatoms. The second-order valence-electron chi connectivity index (χ2n) is 3.61. The zero-order valence-corrected chi connectivity index (χ0v) is 8.95. The smallest absolute Gasteiger partial charge is 0.317 e. The first-order valence-electron chi connectivity index (χ1n) is 5.13. The van der Waals surface area contributed by atoms with E-state index in [9.17, 15) is 9.59 Å². The Labute approximate surface area is 89.2 Å². The van der Waals surface area contributed by atoms with E-state index in [1.165, 1.54) is 0 Å². The molecule has 0 saturated carbocycles. The van der Waals surface area contributed by atoms with Gasteiger partial charge in [0.05, 0.1) is 6.54 Å². The topological polar surface area (TPSA) is 87.5 Å². The lowest BCUT2D eigenvalue weighted by atomic mass is 10.1. The van der Waals surface area contributed by atoms with Gasteiger partial charge in [0.25, 0.3) is 0 Å². The molecule has 0 spiro atoms. The minimum absolute atomic E-state index is 0.00350. The van der Waals surface area contributed by atoms with E-state index in [0.717, 1.165) is 19.4 Å². The summed E-state index contributed by atoms with van der Waals surface area (Å²) in [5.74, 6) is -0.168. The summed E-state index contributed by atoms with van der Waals surface area (Å²) >= 11 is 0. The van der Waals surface area contributed by atoms with Gasteiger partial charge in [0.1, 0.15) is 0 Å². The summed E-state index contributed by atoms with van der Waals surface area (Å²) in [5.41, 5.74) is 5.20. The van der Waals surface area contributed by atoms with Crippen molar-refractivity contribution in [2.24, 2.45) is 5.73 Å². The molecule has 0 bridgehead atoms. The highest BCUT2D eigenvalue weighted by atomic mass is 16.2. The lowest BCUT2D eigenvalue weighted by molar-refractivity contribution is -0.120. The minimum atomic E-state index is -0.168. The van der Waals surface area contributed by atoms with E-state index >= 15 is 0 Å². The van der Waals surface area contributed by atoms with Gasteiger partial charge in [0.15, 0.2) is 0 Å². The van der Waals surface area contributed by atoms with Gasteiger partial charge < -0.3 is 21.3 Å². The minimum Gasteiger partial charge on any atom is -0.350 e. The zero-order valence-electron chi connectivity index (χ0n) is 8.95. The lowest BCUT2D eigenvalue weighted by Gasteiger charge is -2.32. The van der Waals surface area contributed by atoms with Crippen molar-refractivity contribution < 1.29 is 9.59 Å². The summed E-state index contributed by atoms with van der Waals surface area (Å²) in [6, 6.07) is -0.0613. The Morgan fingerprint density at radius 1 is 1.53 bits per heavy atom. The molecule has 1 fully saturated rings. The molecule has 1 saturated heterocycles. The van der Waals surface area contributed by atoms with Crippen LogP contribution in [0.4, 0.5) is 4.79 Å². The van der Waals surface area contributed by atoms with Crippen molar-refractivity contribution in [1.29, 1.82) is 0 Å². The maximum atomic E-state index is 11.3. The molecule has 1 heterocycles. The van der Waals surface area contributed by atoms with E-state index in [1.807, 2.05) is 0 Å². The van der Waals surface area contributed by atoms with Crippen molar-refractivity contribution in [3.05, 3.63) is 0 Å². The number of nitrogens with zero attached hydrogens (tertiary/aromatic N) is 1. The van der Waals surface area contributed by atoms with Crippen LogP contribution in [0.3, 0.4) is 0 Å². The number of piperidine rings is 1. The standard InChI is InChI=1S/C9H18N4O2/c1-11-9(15)13-4-2-3-7(6-13)12-8(14)5-10/h7H,2-6,10H2,1H3,(H,11,15)(H,12,14). The van der Waals surface area contributed by atoms with Crippen LogP contribution in [0.5, 0.6) is 0 Å². The van der Waals surface area contributed by atoms with Gasteiger partial charge in [-0.1, -0.05) is 0 Å². The maximum Gasteiger partial charge on any atom is 0.317 e. The van der Waals surface area contributed by atoms with Crippen LogP contribution in [0.1, 0.15) is 12.8 Å². The number of nitrogens with one attached hydrogen (secondary N) is 2. The second kappa shape index (κ2) is 5.55. The molecule has 15 heavy (non-hydrogen) atoms. The molecule has 0 aromatic heterocycles. The summed E-state index contributed by atoms with van der Waals surface area (Å²) < 4.78 is 0. The normalized spacial score (nSPS) is 20.9. The van der Waals surface area contributed by atoms with E-state index < -0.39 is 0 Å². The van der Waals surface area contributed by atoms with Crippen molar-refractivity contribution in [1.82, 2.24) is 15.5 Å². The average Bonchev–Trinajstić information content (AvgIpc) is 2.28. The molecule has 1 aliphatic heterocycles. The fraction of sp³-hybridized carbons (Fsp3) is 0.778. The number of amides is 3. The number of carbonyl (C=O) groups excluding carboxylic acids is 2. The highest BCUT2D eigenvalue weighted by molar-refractivity contribution is 5.78. The number of nitrogens with two attached hydrogens (primary N) is 1. The average molecular weight is 214 g/mol. The predicted octanol–water partition coefficient (Wildman–Crippen LogP) is -1.13. The van der Waals surface area contributed by atoms with Gasteiger partial charge in [-0.3, -0.25) is 4.79 Å². The maximum absolute atomic E-state index is 11.3. The van der Waals surface area contributed by atoms with Gasteiger partial charge in [0, 0.05) is 26.2 Å². The van der Waals surface area contributed by atoms with Crippen LogP contribution in [-0.2, 0) is 4.79 Å². The molecule has 0 radical (unpaired) electrons. The first-order chi connectivity index (χ1) is 7.17. The molecule has 1 rings (SSSR count). The fourth-order valence-corrected chi connectivity index (χ4v) is 1.72. The number of carbonyl (C=O) groups is 2. The number of hydrogen-bond donors (Lipinski definition) is 3. The van der Waals surface area contributed by atoms with Crippen molar-refractivity contribution in [3.63, 3.8) is 0 Å². The lowest BCUT2D eigenvalue weighted by Crippen LogP contribution is -2.52. The van der Waals surface area contributed by atoms with Crippen molar-refractivity contribution in [2.45, 2.75) is 18.9 Å². The highest BCUT2D eigenvalue weighted by Gasteiger charge is 2.23. The van der Waals surface area contributed by atoms with Gasteiger partial charge in [-0.25, -0.2) is 4.79 Å². The molecule has 1 unspecified atom stereocenters. The molecule has 1 aliphatic rings. The van der Waals surface area contributed by atoms with Gasteiger partial charge in [0.2, 0.25) is 5.91 Å². The Hall–Kier alpha value is -1.30. The molecular weight excluding hydrogens is 196 g/mol. The Kier molecular flexibility index (Phi) is 4.36. The molecular formula is C9H18N4O2. The van der Waals surface area contributed by atoms with E-state index in [4.69, 9.17) is 5.73 Å². The van der Waals surface area contributed by atoms with Crippen LogP contribution in [0.25, 0.3) is 0 Å². The molecule has 0 aliphatic carbocycles. The number of urea groups is 1. The van der Waals surface area contributed by atoms with Crippen LogP contribution in [0.15, 0.2) is 0 Å². The van der Waals surface area contributed by atoms with Gasteiger partial charge in [-0.2, -0.15) is 0 Å². The Balaban J connectivity index is 2.42. The first-order valence-corrected chi connectivity index (χ1v) is 5.13. The predicted molar refractivity (Wildman–Crippen MR) is 56.2 cm³/mol. The Morgan fingerprint density at radius 3 is 2.87 bits per heavy atom. The van der Waals surface area contributed by atoms with Crippen LogP contribution in [0, 0.1) is 0 Å². The monoisotopic (exact) mass is 214 g/mol. The third-order valence-electron chi connectivity index (χ3n) is 2.47. The van der Waals surface area contributed by atoms with Gasteiger partial charge >= 0.3 is 6.03 Å². The van der Waals surface area contributed by atoms with Crippen LogP contribution >= 0.6 is 0 Å². The summed E-state index contributed by atoms with van der Waals surface area (Å²) in [5, 5.41) is 5.36. The summed E-state index contributed by atoms with van der Waals surface area (Å²) in [4.78, 5) is 24.1. The Bertz CT molecular complexity index is 244. The molecule has 1 atom stereocenters. The van der Waals surface area contributed by atoms with Crippen molar-refractivity contribution in [2.75, 3.05) is 26.7 Å². The highest BCUT2D eigenvalue weighted by Crippen LogP contribution is 2.09. The molecule has 0 aromatic carbocycles. The number of rotatable bonds is 2. The van der Waals surface area contributed by atoms with Crippen molar-refractivity contribution >= 4 is 11.9 Å². The first kappa shape index (κ1) is 11.8. The van der Waals surface area contributed by atoms with E-state index in [0.29, 0.717) is 6.54 Å². The second-order valence-corrected chi connectivity index (χ2v) is 3.61. The van der Waals surface area contributed by atoms with Crippen LogP contribution in [-0.4, -0.2) is 49.6 Å². The fourth-order valence-electron chi connectivity index (χ4n) is 1.72. The quantitative estimate of drug-likeness (QED) is 0.543. The van der Waals surface area contributed by atoms with Crippen LogP contribution in [0.2, 0.25) is 0 Å². The number of hydrogen-bond acceptors (Lipinski definition) is 3.